The Hall–Kier alpha value is -1.73. The fourth-order valence-corrected chi connectivity index (χ4v) is 2.33. The lowest BCUT2D eigenvalue weighted by Crippen LogP contribution is -2.01. The lowest BCUT2D eigenvalue weighted by Gasteiger charge is -2.12. The number of benzene rings is 1. The maximum Gasteiger partial charge on any atom is 0.223 e. The van der Waals surface area contributed by atoms with Crippen molar-refractivity contribution in [1.82, 2.24) is 9.97 Å². The van der Waals surface area contributed by atoms with Crippen LogP contribution in [-0.4, -0.2) is 24.2 Å². The number of nitrogen functional groups attached to an aromatic ring is 1. The summed E-state index contributed by atoms with van der Waals surface area (Å²) in [5.74, 6) is 1.82. The van der Waals surface area contributed by atoms with Crippen LogP contribution in [0.1, 0.15) is 0 Å². The Morgan fingerprint density at radius 3 is 2.25 bits per heavy atom. The van der Waals surface area contributed by atoms with Crippen LogP contribution >= 0.6 is 27.5 Å². The molecule has 2 aromatic rings. The van der Waals surface area contributed by atoms with Crippen molar-refractivity contribution < 1.29 is 9.47 Å². The van der Waals surface area contributed by atoms with E-state index in [0.717, 1.165) is 10.2 Å². The molecule has 1 heterocycles. The molecule has 0 atom stereocenters. The number of rotatable bonds is 4. The number of nitrogens with zero attached hydrogens (tertiary/aromatic N) is 2. The first kappa shape index (κ1) is 14.7. The molecule has 0 amide bonds. The first-order chi connectivity index (χ1) is 9.53. The summed E-state index contributed by atoms with van der Waals surface area (Å²) in [4.78, 5) is 7.83. The summed E-state index contributed by atoms with van der Waals surface area (Å²) < 4.78 is 11.3. The molecule has 0 unspecified atom stereocenters. The lowest BCUT2D eigenvalue weighted by atomic mass is 10.2. The van der Waals surface area contributed by atoms with E-state index in [1.165, 1.54) is 0 Å². The zero-order valence-corrected chi connectivity index (χ0v) is 13.1. The minimum Gasteiger partial charge on any atom is -0.495 e. The Labute approximate surface area is 129 Å². The number of aromatic nitrogens is 2. The van der Waals surface area contributed by atoms with Gasteiger partial charge < -0.3 is 20.5 Å². The largest absolute Gasteiger partial charge is 0.495 e. The summed E-state index contributed by atoms with van der Waals surface area (Å²) in [6.07, 6.45) is 0. The van der Waals surface area contributed by atoms with Crippen LogP contribution < -0.4 is 20.5 Å². The van der Waals surface area contributed by atoms with Gasteiger partial charge in [-0.25, -0.2) is 4.98 Å². The fraction of sp³-hybridized carbons (Fsp3) is 0.167. The summed E-state index contributed by atoms with van der Waals surface area (Å²) >= 11 is 9.23. The van der Waals surface area contributed by atoms with E-state index in [4.69, 9.17) is 26.8 Å². The second-order valence-corrected chi connectivity index (χ2v) is 4.93. The Morgan fingerprint density at radius 1 is 1.15 bits per heavy atom. The molecule has 0 radical (unpaired) electrons. The van der Waals surface area contributed by atoms with E-state index in [2.05, 4.69) is 31.2 Å². The Balaban J connectivity index is 2.38. The maximum atomic E-state index is 5.83. The molecule has 0 bridgehead atoms. The average Bonchev–Trinajstić information content (AvgIpc) is 2.39. The van der Waals surface area contributed by atoms with Crippen molar-refractivity contribution in [2.45, 2.75) is 0 Å². The third-order valence-electron chi connectivity index (χ3n) is 2.43. The minimum atomic E-state index is 0.0936. The van der Waals surface area contributed by atoms with Crippen molar-refractivity contribution >= 4 is 45.0 Å². The first-order valence-electron chi connectivity index (χ1n) is 5.52. The van der Waals surface area contributed by atoms with Crippen LogP contribution in [0.2, 0.25) is 5.15 Å². The Kier molecular flexibility index (Phi) is 4.51. The van der Waals surface area contributed by atoms with Gasteiger partial charge in [0.05, 0.1) is 14.2 Å². The summed E-state index contributed by atoms with van der Waals surface area (Å²) in [6.45, 7) is 0. The van der Waals surface area contributed by atoms with Crippen molar-refractivity contribution in [1.29, 1.82) is 0 Å². The number of halogens is 2. The number of methoxy groups -OCH3 is 2. The van der Waals surface area contributed by atoms with Crippen molar-refractivity contribution in [3.63, 3.8) is 0 Å². The normalized spacial score (nSPS) is 10.2. The zero-order chi connectivity index (χ0) is 14.7. The zero-order valence-electron chi connectivity index (χ0n) is 10.8. The SMILES string of the molecule is COc1cc(Nc2cc(Cl)nc(N)n2)cc(OC)c1Br. The molecule has 0 fully saturated rings. The smallest absolute Gasteiger partial charge is 0.223 e. The van der Waals surface area contributed by atoms with Crippen molar-refractivity contribution in [2.24, 2.45) is 0 Å². The first-order valence-corrected chi connectivity index (χ1v) is 6.69. The second kappa shape index (κ2) is 6.15. The predicted molar refractivity (Wildman–Crippen MR) is 82.0 cm³/mol. The van der Waals surface area contributed by atoms with Crippen molar-refractivity contribution in [2.75, 3.05) is 25.3 Å². The highest BCUT2D eigenvalue weighted by Gasteiger charge is 2.11. The summed E-state index contributed by atoms with van der Waals surface area (Å²) in [5, 5.41) is 3.33. The van der Waals surface area contributed by atoms with Gasteiger partial charge in [-0.05, 0) is 15.9 Å². The molecule has 6 nitrogen and oxygen atoms in total. The summed E-state index contributed by atoms with van der Waals surface area (Å²) in [6, 6.07) is 5.15. The predicted octanol–water partition coefficient (Wildman–Crippen LogP) is 3.24. The molecule has 0 saturated heterocycles. The van der Waals surface area contributed by atoms with E-state index in [9.17, 15) is 0 Å². The van der Waals surface area contributed by atoms with Crippen LogP contribution in [-0.2, 0) is 0 Å². The topological polar surface area (TPSA) is 82.3 Å². The molecule has 8 heteroatoms. The standard InChI is InChI=1S/C12H12BrClN4O2/c1-19-7-3-6(4-8(20-2)11(7)13)16-10-5-9(14)17-12(15)18-10/h3-5H,1-2H3,(H3,15,16,17,18). The molecule has 1 aromatic heterocycles. The lowest BCUT2D eigenvalue weighted by molar-refractivity contribution is 0.390. The van der Waals surface area contributed by atoms with Gasteiger partial charge in [0.15, 0.2) is 0 Å². The van der Waals surface area contributed by atoms with Crippen LogP contribution in [0.5, 0.6) is 11.5 Å². The van der Waals surface area contributed by atoms with E-state index in [1.807, 2.05) is 0 Å². The highest BCUT2D eigenvalue weighted by molar-refractivity contribution is 9.10. The van der Waals surface area contributed by atoms with Crippen LogP contribution in [0.4, 0.5) is 17.5 Å². The molecule has 0 spiro atoms. The highest BCUT2D eigenvalue weighted by atomic mass is 79.9. The number of anilines is 3. The van der Waals surface area contributed by atoms with Gasteiger partial charge in [-0.2, -0.15) is 4.98 Å². The summed E-state index contributed by atoms with van der Waals surface area (Å²) in [5.41, 5.74) is 6.26. The van der Waals surface area contributed by atoms with Crippen molar-refractivity contribution in [3.05, 3.63) is 27.8 Å². The minimum absolute atomic E-state index is 0.0936. The molecule has 0 aliphatic carbocycles. The van der Waals surface area contributed by atoms with Crippen molar-refractivity contribution in [3.8, 4) is 11.5 Å². The molecule has 1 aromatic carbocycles. The van der Waals surface area contributed by atoms with Gasteiger partial charge in [0.25, 0.3) is 0 Å². The highest BCUT2D eigenvalue weighted by Crippen LogP contribution is 2.38. The molecule has 2 rings (SSSR count). The molecule has 0 aliphatic heterocycles. The van der Waals surface area contributed by atoms with Crippen LogP contribution in [0.25, 0.3) is 0 Å². The van der Waals surface area contributed by atoms with Crippen LogP contribution in [0, 0.1) is 0 Å². The number of nitrogens with two attached hydrogens (primary N) is 1. The van der Waals surface area contributed by atoms with E-state index >= 15 is 0 Å². The number of ether oxygens (including phenoxy) is 2. The van der Waals surface area contributed by atoms with Gasteiger partial charge in [0.1, 0.15) is 26.9 Å². The van der Waals surface area contributed by atoms with Crippen LogP contribution in [0.3, 0.4) is 0 Å². The average molecular weight is 360 g/mol. The van der Waals surface area contributed by atoms with Gasteiger partial charge in [-0.15, -0.1) is 0 Å². The number of nitrogens with one attached hydrogen (secondary N) is 1. The summed E-state index contributed by atoms with van der Waals surface area (Å²) in [7, 11) is 3.14. The van der Waals surface area contributed by atoms with Gasteiger partial charge in [0.2, 0.25) is 5.95 Å². The molecule has 0 saturated carbocycles. The Morgan fingerprint density at radius 2 is 1.75 bits per heavy atom. The van der Waals surface area contributed by atoms with E-state index < -0.39 is 0 Å². The third kappa shape index (κ3) is 3.23. The van der Waals surface area contributed by atoms with Gasteiger partial charge in [0, 0.05) is 23.9 Å². The second-order valence-electron chi connectivity index (χ2n) is 3.75. The molecule has 106 valence electrons. The monoisotopic (exact) mass is 358 g/mol. The maximum absolute atomic E-state index is 5.83. The number of hydrogen-bond acceptors (Lipinski definition) is 6. The quantitative estimate of drug-likeness (QED) is 0.816. The third-order valence-corrected chi connectivity index (χ3v) is 3.41. The van der Waals surface area contributed by atoms with Crippen LogP contribution in [0.15, 0.2) is 22.7 Å². The van der Waals surface area contributed by atoms with Gasteiger partial charge >= 0.3 is 0 Å². The Bertz CT molecular complexity index is 594. The van der Waals surface area contributed by atoms with Gasteiger partial charge in [-0.1, -0.05) is 11.6 Å². The van der Waals surface area contributed by atoms with E-state index in [-0.39, 0.29) is 11.1 Å². The molecular formula is C12H12BrClN4O2. The molecule has 20 heavy (non-hydrogen) atoms. The number of hydrogen-bond donors (Lipinski definition) is 2. The molecule has 0 aliphatic rings. The van der Waals surface area contributed by atoms with E-state index in [1.54, 1.807) is 32.4 Å². The fourth-order valence-electron chi connectivity index (χ4n) is 1.59. The van der Waals surface area contributed by atoms with Gasteiger partial charge in [-0.3, -0.25) is 0 Å². The molecule has 3 N–H and O–H groups in total. The van der Waals surface area contributed by atoms with E-state index in [0.29, 0.717) is 17.3 Å². The molecular weight excluding hydrogens is 348 g/mol.